The summed E-state index contributed by atoms with van der Waals surface area (Å²) in [5.41, 5.74) is 3.01. The molecule has 2 aromatic rings. The lowest BCUT2D eigenvalue weighted by molar-refractivity contribution is -0.120. The Labute approximate surface area is 141 Å². The van der Waals surface area contributed by atoms with Gasteiger partial charge < -0.3 is 15.5 Å². The molecule has 0 saturated heterocycles. The van der Waals surface area contributed by atoms with Crippen LogP contribution in [0.3, 0.4) is 0 Å². The molecule has 2 N–H and O–H groups in total. The highest BCUT2D eigenvalue weighted by atomic mass is 19.1. The van der Waals surface area contributed by atoms with Crippen LogP contribution >= 0.6 is 0 Å². The zero-order chi connectivity index (χ0) is 16.9. The Hall–Kier alpha value is -2.56. The van der Waals surface area contributed by atoms with Crippen molar-refractivity contribution >= 4 is 17.3 Å². The third kappa shape index (κ3) is 3.85. The maximum Gasteiger partial charge on any atom is 0.239 e. The smallest absolute Gasteiger partial charge is 0.239 e. The van der Waals surface area contributed by atoms with Crippen LogP contribution in [0, 0.1) is 5.82 Å². The van der Waals surface area contributed by atoms with Gasteiger partial charge in [0.1, 0.15) is 5.82 Å². The minimum atomic E-state index is -0.272. The summed E-state index contributed by atoms with van der Waals surface area (Å²) >= 11 is 0. The van der Waals surface area contributed by atoms with E-state index in [1.165, 1.54) is 12.1 Å². The second kappa shape index (κ2) is 7.34. The van der Waals surface area contributed by atoms with Gasteiger partial charge in [-0.1, -0.05) is 24.3 Å². The van der Waals surface area contributed by atoms with Gasteiger partial charge in [0.15, 0.2) is 0 Å². The molecule has 3 rings (SSSR count). The SMILES string of the molecule is CC(NC(=O)CN1CCCNc2ccccc21)c1ccc(F)cc1. The summed E-state index contributed by atoms with van der Waals surface area (Å²) in [5, 5.41) is 6.38. The van der Waals surface area contributed by atoms with Gasteiger partial charge in [-0.3, -0.25) is 4.79 Å². The van der Waals surface area contributed by atoms with E-state index in [-0.39, 0.29) is 17.8 Å². The highest BCUT2D eigenvalue weighted by molar-refractivity contribution is 5.84. The van der Waals surface area contributed by atoms with Crippen molar-refractivity contribution in [2.45, 2.75) is 19.4 Å². The monoisotopic (exact) mass is 327 g/mol. The van der Waals surface area contributed by atoms with E-state index in [0.717, 1.165) is 36.4 Å². The van der Waals surface area contributed by atoms with Crippen LogP contribution < -0.4 is 15.5 Å². The first-order valence-electron chi connectivity index (χ1n) is 8.26. The molecule has 0 bridgehead atoms. The maximum atomic E-state index is 13.0. The molecule has 0 radical (unpaired) electrons. The van der Waals surface area contributed by atoms with Gasteiger partial charge in [0.2, 0.25) is 5.91 Å². The van der Waals surface area contributed by atoms with Crippen molar-refractivity contribution in [2.24, 2.45) is 0 Å². The van der Waals surface area contributed by atoms with E-state index < -0.39 is 0 Å². The number of amides is 1. The molecule has 24 heavy (non-hydrogen) atoms. The van der Waals surface area contributed by atoms with Crippen molar-refractivity contribution in [3.8, 4) is 0 Å². The first kappa shape index (κ1) is 16.3. The Morgan fingerprint density at radius 2 is 2.00 bits per heavy atom. The normalized spacial score (nSPS) is 15.0. The van der Waals surface area contributed by atoms with E-state index in [1.807, 2.05) is 31.2 Å². The number of carbonyl (C=O) groups is 1. The molecule has 0 aromatic heterocycles. The Bertz CT molecular complexity index is 702. The van der Waals surface area contributed by atoms with Crippen LogP contribution in [0.15, 0.2) is 48.5 Å². The number of carbonyl (C=O) groups excluding carboxylic acids is 1. The number of hydrogen-bond donors (Lipinski definition) is 2. The van der Waals surface area contributed by atoms with Gasteiger partial charge in [-0.05, 0) is 43.2 Å². The molecule has 1 heterocycles. The number of fused-ring (bicyclic) bond motifs is 1. The summed E-state index contributed by atoms with van der Waals surface area (Å²) in [4.78, 5) is 14.5. The fourth-order valence-corrected chi connectivity index (χ4v) is 2.97. The van der Waals surface area contributed by atoms with Crippen molar-refractivity contribution in [3.05, 3.63) is 59.9 Å². The minimum absolute atomic E-state index is 0.0384. The molecule has 1 amide bonds. The minimum Gasteiger partial charge on any atom is -0.383 e. The van der Waals surface area contributed by atoms with Gasteiger partial charge >= 0.3 is 0 Å². The molecule has 1 aliphatic rings. The third-order valence-corrected chi connectivity index (χ3v) is 4.25. The molecular formula is C19H22FN3O. The molecule has 1 atom stereocenters. The van der Waals surface area contributed by atoms with E-state index in [2.05, 4.69) is 15.5 Å². The summed E-state index contributed by atoms with van der Waals surface area (Å²) in [7, 11) is 0. The quantitative estimate of drug-likeness (QED) is 0.905. The van der Waals surface area contributed by atoms with E-state index in [1.54, 1.807) is 12.1 Å². The summed E-state index contributed by atoms with van der Waals surface area (Å²) in [6.45, 7) is 3.96. The maximum absolute atomic E-state index is 13.0. The Morgan fingerprint density at radius 3 is 2.79 bits per heavy atom. The fraction of sp³-hybridized carbons (Fsp3) is 0.316. The number of nitrogens with one attached hydrogen (secondary N) is 2. The summed E-state index contributed by atoms with van der Waals surface area (Å²) in [6.07, 6.45) is 0.982. The molecule has 5 heteroatoms. The molecule has 4 nitrogen and oxygen atoms in total. The second-order valence-electron chi connectivity index (χ2n) is 6.06. The average Bonchev–Trinajstić information content (AvgIpc) is 2.78. The largest absolute Gasteiger partial charge is 0.383 e. The zero-order valence-corrected chi connectivity index (χ0v) is 13.8. The molecule has 0 saturated carbocycles. The summed E-state index contributed by atoms with van der Waals surface area (Å²) in [6, 6.07) is 14.1. The van der Waals surface area contributed by atoms with Crippen LogP contribution in [0.2, 0.25) is 0 Å². The lowest BCUT2D eigenvalue weighted by atomic mass is 10.1. The highest BCUT2D eigenvalue weighted by Crippen LogP contribution is 2.27. The van der Waals surface area contributed by atoms with Crippen LogP contribution in [-0.2, 0) is 4.79 Å². The van der Waals surface area contributed by atoms with Crippen molar-refractivity contribution in [3.63, 3.8) is 0 Å². The van der Waals surface area contributed by atoms with Crippen LogP contribution in [-0.4, -0.2) is 25.5 Å². The summed E-state index contributed by atoms with van der Waals surface area (Å²) in [5.74, 6) is -0.311. The number of rotatable bonds is 4. The van der Waals surface area contributed by atoms with Crippen LogP contribution in [0.25, 0.3) is 0 Å². The number of nitrogens with zero attached hydrogens (tertiary/aromatic N) is 1. The molecule has 1 unspecified atom stereocenters. The standard InChI is InChI=1S/C19H22FN3O/c1-14(15-7-9-16(20)10-8-15)22-19(24)13-23-12-4-11-21-17-5-2-3-6-18(17)23/h2-3,5-10,14,21H,4,11-13H2,1H3,(H,22,24). The molecule has 2 aromatic carbocycles. The van der Waals surface area contributed by atoms with E-state index in [9.17, 15) is 9.18 Å². The van der Waals surface area contributed by atoms with Crippen molar-refractivity contribution in [1.29, 1.82) is 0 Å². The average molecular weight is 327 g/mol. The molecule has 1 aliphatic heterocycles. The predicted octanol–water partition coefficient (Wildman–Crippen LogP) is 3.33. The van der Waals surface area contributed by atoms with E-state index in [4.69, 9.17) is 0 Å². The number of halogens is 1. The number of benzene rings is 2. The zero-order valence-electron chi connectivity index (χ0n) is 13.8. The van der Waals surface area contributed by atoms with E-state index in [0.29, 0.717) is 6.54 Å². The van der Waals surface area contributed by atoms with Gasteiger partial charge in [0, 0.05) is 13.1 Å². The lowest BCUT2D eigenvalue weighted by Crippen LogP contribution is -2.38. The predicted molar refractivity (Wildman–Crippen MR) is 94.7 cm³/mol. The van der Waals surface area contributed by atoms with Gasteiger partial charge in [-0.15, -0.1) is 0 Å². The number of para-hydroxylation sites is 2. The second-order valence-corrected chi connectivity index (χ2v) is 6.06. The van der Waals surface area contributed by atoms with Gasteiger partial charge in [-0.25, -0.2) is 4.39 Å². The van der Waals surface area contributed by atoms with Crippen molar-refractivity contribution in [1.82, 2.24) is 5.32 Å². The van der Waals surface area contributed by atoms with E-state index >= 15 is 0 Å². The Balaban J connectivity index is 1.65. The Morgan fingerprint density at radius 1 is 1.25 bits per heavy atom. The number of hydrogen-bond acceptors (Lipinski definition) is 3. The van der Waals surface area contributed by atoms with Crippen LogP contribution in [0.1, 0.15) is 24.9 Å². The molecule has 0 spiro atoms. The third-order valence-electron chi connectivity index (χ3n) is 4.25. The first-order valence-corrected chi connectivity index (χ1v) is 8.26. The van der Waals surface area contributed by atoms with Crippen LogP contribution in [0.5, 0.6) is 0 Å². The molecular weight excluding hydrogens is 305 g/mol. The number of anilines is 2. The first-order chi connectivity index (χ1) is 11.6. The van der Waals surface area contributed by atoms with Crippen molar-refractivity contribution in [2.75, 3.05) is 29.9 Å². The topological polar surface area (TPSA) is 44.4 Å². The molecule has 0 aliphatic carbocycles. The fourth-order valence-electron chi connectivity index (χ4n) is 2.97. The van der Waals surface area contributed by atoms with Gasteiger partial charge in [-0.2, -0.15) is 0 Å². The molecule has 126 valence electrons. The molecule has 0 fully saturated rings. The highest BCUT2D eigenvalue weighted by Gasteiger charge is 2.18. The van der Waals surface area contributed by atoms with Gasteiger partial charge in [0.25, 0.3) is 0 Å². The van der Waals surface area contributed by atoms with Gasteiger partial charge in [0.05, 0.1) is 24.0 Å². The lowest BCUT2D eigenvalue weighted by Gasteiger charge is -2.25. The van der Waals surface area contributed by atoms with Crippen molar-refractivity contribution < 1.29 is 9.18 Å². The van der Waals surface area contributed by atoms with Crippen LogP contribution in [0.4, 0.5) is 15.8 Å². The summed E-state index contributed by atoms with van der Waals surface area (Å²) < 4.78 is 13.0. The Kier molecular flexibility index (Phi) is 4.99.